The van der Waals surface area contributed by atoms with Crippen LogP contribution in [0.3, 0.4) is 0 Å². The second-order valence-corrected chi connectivity index (χ2v) is 3.98. The first kappa shape index (κ1) is 11.1. The molecule has 0 aromatic heterocycles. The zero-order valence-electron chi connectivity index (χ0n) is 6.86. The second-order valence-electron chi connectivity index (χ2n) is 2.38. The molecule has 1 rings (SSSR count). The Balaban J connectivity index is 3.22. The molecule has 0 saturated heterocycles. The van der Waals surface area contributed by atoms with Crippen LogP contribution in [0.5, 0.6) is 0 Å². The van der Waals surface area contributed by atoms with Crippen LogP contribution in [0.2, 0.25) is 0 Å². The van der Waals surface area contributed by atoms with Gasteiger partial charge in [0, 0.05) is 9.64 Å². The van der Waals surface area contributed by atoms with Gasteiger partial charge in [0.05, 0.1) is 4.92 Å². The maximum atomic E-state index is 10.6. The standard InChI is InChI=1S/C7H6IN3O2S/c8-4-2-1-3-5(11(12)13)6(4)10-7(9)14/h1-3H,(H3,9,10,14). The molecule has 0 aliphatic carbocycles. The molecule has 74 valence electrons. The summed E-state index contributed by atoms with van der Waals surface area (Å²) < 4.78 is 0.699. The van der Waals surface area contributed by atoms with E-state index in [1.54, 1.807) is 12.1 Å². The summed E-state index contributed by atoms with van der Waals surface area (Å²) in [6, 6.07) is 4.72. The van der Waals surface area contributed by atoms with E-state index in [0.29, 0.717) is 9.26 Å². The van der Waals surface area contributed by atoms with E-state index in [4.69, 9.17) is 5.73 Å². The molecule has 0 bridgehead atoms. The molecule has 0 atom stereocenters. The second kappa shape index (κ2) is 4.51. The van der Waals surface area contributed by atoms with Gasteiger partial charge in [-0.2, -0.15) is 0 Å². The number of nitro groups is 1. The van der Waals surface area contributed by atoms with Crippen molar-refractivity contribution in [2.24, 2.45) is 5.73 Å². The molecular weight excluding hydrogens is 317 g/mol. The largest absolute Gasteiger partial charge is 0.376 e. The highest BCUT2D eigenvalue weighted by Crippen LogP contribution is 2.28. The first-order chi connectivity index (χ1) is 6.52. The first-order valence-corrected chi connectivity index (χ1v) is 5.00. The lowest BCUT2D eigenvalue weighted by atomic mass is 10.3. The van der Waals surface area contributed by atoms with Gasteiger partial charge in [-0.05, 0) is 40.9 Å². The van der Waals surface area contributed by atoms with Crippen LogP contribution in [0, 0.1) is 13.7 Å². The predicted molar refractivity (Wildman–Crippen MR) is 66.2 cm³/mol. The van der Waals surface area contributed by atoms with Crippen LogP contribution < -0.4 is 11.1 Å². The molecule has 1 aromatic carbocycles. The molecule has 0 unspecified atom stereocenters. The number of thiocarbonyl (C=S) groups is 1. The summed E-state index contributed by atoms with van der Waals surface area (Å²) in [5, 5.41) is 13.2. The minimum atomic E-state index is -0.483. The number of anilines is 1. The van der Waals surface area contributed by atoms with Crippen LogP contribution in [0.25, 0.3) is 0 Å². The number of para-hydroxylation sites is 1. The van der Waals surface area contributed by atoms with Crippen LogP contribution in [0.4, 0.5) is 11.4 Å². The smallest absolute Gasteiger partial charge is 0.293 e. The summed E-state index contributed by atoms with van der Waals surface area (Å²) in [6.45, 7) is 0. The minimum Gasteiger partial charge on any atom is -0.376 e. The van der Waals surface area contributed by atoms with Crippen LogP contribution in [0.1, 0.15) is 0 Å². The van der Waals surface area contributed by atoms with E-state index in [1.165, 1.54) is 6.07 Å². The van der Waals surface area contributed by atoms with E-state index >= 15 is 0 Å². The summed E-state index contributed by atoms with van der Waals surface area (Å²) in [7, 11) is 0. The molecule has 0 aliphatic heterocycles. The van der Waals surface area contributed by atoms with Gasteiger partial charge in [-0.1, -0.05) is 6.07 Å². The fraction of sp³-hybridized carbons (Fsp3) is 0. The number of rotatable bonds is 2. The number of nitrogens with two attached hydrogens (primary N) is 1. The monoisotopic (exact) mass is 323 g/mol. The lowest BCUT2D eigenvalue weighted by Gasteiger charge is -2.06. The fourth-order valence-corrected chi connectivity index (χ4v) is 1.63. The van der Waals surface area contributed by atoms with Crippen molar-refractivity contribution in [3.63, 3.8) is 0 Å². The van der Waals surface area contributed by atoms with Crippen molar-refractivity contribution in [1.29, 1.82) is 0 Å². The van der Waals surface area contributed by atoms with Crippen molar-refractivity contribution >= 4 is 51.3 Å². The van der Waals surface area contributed by atoms with Gasteiger partial charge in [0.2, 0.25) is 0 Å². The Kier molecular flexibility index (Phi) is 3.58. The number of nitro benzene ring substituents is 1. The van der Waals surface area contributed by atoms with Crippen LogP contribution in [-0.2, 0) is 0 Å². The molecule has 0 fully saturated rings. The topological polar surface area (TPSA) is 81.2 Å². The SMILES string of the molecule is NC(=S)Nc1c(I)cccc1[N+](=O)[O-]. The molecular formula is C7H6IN3O2S. The van der Waals surface area contributed by atoms with Crippen LogP contribution in [0.15, 0.2) is 18.2 Å². The van der Waals surface area contributed by atoms with Crippen LogP contribution >= 0.6 is 34.8 Å². The Morgan fingerprint density at radius 2 is 2.29 bits per heavy atom. The van der Waals surface area contributed by atoms with Crippen molar-refractivity contribution < 1.29 is 4.92 Å². The van der Waals surface area contributed by atoms with E-state index in [0.717, 1.165) is 0 Å². The van der Waals surface area contributed by atoms with Gasteiger partial charge in [-0.3, -0.25) is 10.1 Å². The van der Waals surface area contributed by atoms with Gasteiger partial charge in [-0.15, -0.1) is 0 Å². The van der Waals surface area contributed by atoms with Crippen molar-refractivity contribution in [2.75, 3.05) is 5.32 Å². The third kappa shape index (κ3) is 2.51. The molecule has 0 aliphatic rings. The zero-order valence-corrected chi connectivity index (χ0v) is 9.83. The normalized spacial score (nSPS) is 9.50. The third-order valence-corrected chi connectivity index (χ3v) is 2.44. The Labute approximate surface area is 99.0 Å². The van der Waals surface area contributed by atoms with Gasteiger partial charge in [0.25, 0.3) is 5.69 Å². The summed E-state index contributed by atoms with van der Waals surface area (Å²) >= 11 is 6.59. The summed E-state index contributed by atoms with van der Waals surface area (Å²) in [4.78, 5) is 10.2. The Morgan fingerprint density at radius 1 is 1.64 bits per heavy atom. The highest BCUT2D eigenvalue weighted by atomic mass is 127. The van der Waals surface area contributed by atoms with E-state index in [1.807, 2.05) is 22.6 Å². The number of benzene rings is 1. The molecule has 5 nitrogen and oxygen atoms in total. The van der Waals surface area contributed by atoms with Gasteiger partial charge in [0.15, 0.2) is 5.11 Å². The van der Waals surface area contributed by atoms with Crippen molar-refractivity contribution in [2.45, 2.75) is 0 Å². The van der Waals surface area contributed by atoms with E-state index in [9.17, 15) is 10.1 Å². The Bertz CT molecular complexity index is 397. The molecule has 0 amide bonds. The maximum Gasteiger partial charge on any atom is 0.293 e. The molecule has 0 saturated carbocycles. The van der Waals surface area contributed by atoms with Gasteiger partial charge < -0.3 is 11.1 Å². The minimum absolute atomic E-state index is 0.0113. The van der Waals surface area contributed by atoms with Crippen molar-refractivity contribution in [3.8, 4) is 0 Å². The first-order valence-electron chi connectivity index (χ1n) is 3.51. The summed E-state index contributed by atoms with van der Waals surface area (Å²) in [6.07, 6.45) is 0. The fourth-order valence-electron chi connectivity index (χ4n) is 0.912. The van der Waals surface area contributed by atoms with E-state index in [-0.39, 0.29) is 10.8 Å². The molecule has 1 aromatic rings. The van der Waals surface area contributed by atoms with Crippen LogP contribution in [-0.4, -0.2) is 10.0 Å². The van der Waals surface area contributed by atoms with Crippen molar-refractivity contribution in [3.05, 3.63) is 31.9 Å². The number of halogens is 1. The lowest BCUT2D eigenvalue weighted by Crippen LogP contribution is -2.20. The lowest BCUT2D eigenvalue weighted by molar-refractivity contribution is -0.384. The zero-order chi connectivity index (χ0) is 10.7. The average molecular weight is 323 g/mol. The van der Waals surface area contributed by atoms with Gasteiger partial charge in [-0.25, -0.2) is 0 Å². The number of nitrogens with one attached hydrogen (secondary N) is 1. The number of hydrogen-bond donors (Lipinski definition) is 2. The highest BCUT2D eigenvalue weighted by molar-refractivity contribution is 14.1. The number of hydrogen-bond acceptors (Lipinski definition) is 3. The predicted octanol–water partition coefficient (Wildman–Crippen LogP) is 1.85. The van der Waals surface area contributed by atoms with Gasteiger partial charge in [0.1, 0.15) is 5.69 Å². The number of nitrogens with zero attached hydrogens (tertiary/aromatic N) is 1. The van der Waals surface area contributed by atoms with Crippen molar-refractivity contribution in [1.82, 2.24) is 0 Å². The Morgan fingerprint density at radius 3 is 2.79 bits per heavy atom. The average Bonchev–Trinajstić information content (AvgIpc) is 2.07. The molecule has 7 heteroatoms. The van der Waals surface area contributed by atoms with E-state index < -0.39 is 4.92 Å². The van der Waals surface area contributed by atoms with Gasteiger partial charge >= 0.3 is 0 Å². The third-order valence-electron chi connectivity index (χ3n) is 1.44. The Hall–Kier alpha value is -0.960. The molecule has 0 heterocycles. The van der Waals surface area contributed by atoms with E-state index in [2.05, 4.69) is 17.5 Å². The molecule has 14 heavy (non-hydrogen) atoms. The quantitative estimate of drug-likeness (QED) is 0.376. The summed E-state index contributed by atoms with van der Waals surface area (Å²) in [5.41, 5.74) is 5.56. The molecule has 0 radical (unpaired) electrons. The summed E-state index contributed by atoms with van der Waals surface area (Å²) in [5.74, 6) is 0. The molecule has 0 spiro atoms. The molecule has 3 N–H and O–H groups in total. The highest BCUT2D eigenvalue weighted by Gasteiger charge is 2.16. The maximum absolute atomic E-state index is 10.6.